The van der Waals surface area contributed by atoms with Gasteiger partial charge in [-0.3, -0.25) is 0 Å². The molecule has 7 aromatic rings. The van der Waals surface area contributed by atoms with Crippen LogP contribution in [0.5, 0.6) is 0 Å². The van der Waals surface area contributed by atoms with Gasteiger partial charge in [0.1, 0.15) is 0 Å². The second-order valence-electron chi connectivity index (χ2n) is 12.9. The molecule has 0 spiro atoms. The third-order valence-electron chi connectivity index (χ3n) is 8.30. The van der Waals surface area contributed by atoms with Gasteiger partial charge in [-0.25, -0.2) is 0 Å². The molecule has 0 radical (unpaired) electrons. The Morgan fingerprint density at radius 1 is 0.596 bits per heavy atom. The van der Waals surface area contributed by atoms with E-state index in [1.807, 2.05) is 0 Å². The van der Waals surface area contributed by atoms with Crippen LogP contribution in [-0.2, 0) is 23.3 Å². The number of fused-ring (bicyclic) bond motifs is 3. The largest absolute Gasteiger partial charge is 1.00 e. The fraction of sp³-hybridized carbons (Fsp3) is 0.209. The molecule has 0 aliphatic carbocycles. The maximum absolute atomic E-state index is 2.35. The van der Waals surface area contributed by atoms with Crippen molar-refractivity contribution in [2.75, 3.05) is 0 Å². The van der Waals surface area contributed by atoms with Gasteiger partial charge in [0.2, 0.25) is 0 Å². The van der Waals surface area contributed by atoms with Crippen molar-refractivity contribution < 1.29 is 48.1 Å². The van der Waals surface area contributed by atoms with Gasteiger partial charge in [-0.2, -0.15) is 12.1 Å². The maximum Gasteiger partial charge on any atom is -0.0114 e. The minimum Gasteiger partial charge on any atom is -1.00 e. The summed E-state index contributed by atoms with van der Waals surface area (Å²) in [7, 11) is 0. The molecule has 0 unspecified atom stereocenters. The van der Waals surface area contributed by atoms with Crippen LogP contribution < -0.4 is 24.8 Å². The summed E-state index contributed by atoms with van der Waals surface area (Å²) in [6, 6.07) is 42.4. The molecule has 0 amide bonds. The zero-order chi connectivity index (χ0) is 32.2. The molecule has 0 bridgehead atoms. The molecule has 0 saturated carbocycles. The molecule has 7 rings (SSSR count). The van der Waals surface area contributed by atoms with Crippen LogP contribution >= 0.6 is 0 Å². The average molecular weight is 751 g/mol. The average Bonchev–Trinajstić information content (AvgIpc) is 3.61. The van der Waals surface area contributed by atoms with Gasteiger partial charge in [0.25, 0.3) is 0 Å². The number of hydrogen-bond acceptors (Lipinski definition) is 0. The Morgan fingerprint density at radius 2 is 1.19 bits per heavy atom. The van der Waals surface area contributed by atoms with Crippen molar-refractivity contribution >= 4 is 37.8 Å². The van der Waals surface area contributed by atoms with Crippen LogP contribution in [0.15, 0.2) is 115 Å². The second-order valence-corrected chi connectivity index (χ2v) is 22.3. The van der Waals surface area contributed by atoms with E-state index >= 15 is 0 Å². The fourth-order valence-corrected chi connectivity index (χ4v) is 6.26. The predicted octanol–water partition coefficient (Wildman–Crippen LogP) is 6.75. The van der Waals surface area contributed by atoms with Gasteiger partial charge in [0, 0.05) is 0 Å². The molecule has 0 saturated heterocycles. The van der Waals surface area contributed by atoms with Crippen molar-refractivity contribution in [2.45, 2.75) is 60.6 Å². The van der Waals surface area contributed by atoms with Crippen molar-refractivity contribution in [1.29, 1.82) is 0 Å². The van der Waals surface area contributed by atoms with Gasteiger partial charge < -0.3 is 24.8 Å². The van der Waals surface area contributed by atoms with Crippen LogP contribution in [0.25, 0.3) is 54.6 Å². The summed E-state index contributed by atoms with van der Waals surface area (Å²) >= 11 is 1.74. The molecule has 0 aliphatic heterocycles. The van der Waals surface area contributed by atoms with Gasteiger partial charge in [0.05, 0.1) is 0 Å². The normalized spacial score (nSPS) is 10.5. The Bertz CT molecular complexity index is 2100. The van der Waals surface area contributed by atoms with Crippen molar-refractivity contribution in [3.8, 4) is 22.3 Å². The zero-order valence-electron chi connectivity index (χ0n) is 28.8. The van der Waals surface area contributed by atoms with Crippen molar-refractivity contribution in [1.82, 2.24) is 0 Å². The number of halogens is 2. The number of aryl methyl sites for hydroxylation is 4. The summed E-state index contributed by atoms with van der Waals surface area (Å²) in [5, 5.41) is 8.09. The summed E-state index contributed by atoms with van der Waals surface area (Å²) in [5.41, 5.74) is 12.3. The molecule has 240 valence electrons. The SMILES string of the molecule is C[Si](C)=[Zr+2].Cc1cc(C)cc(-c2cccc3[cH-]c(C(C)C)cc23)c1.Cc1cc2c(-c3cccc4ccccc34)ccc(C)c2[cH-]1.[Cl-].[Cl-]. The molecule has 0 heterocycles. The Kier molecular flexibility index (Phi) is 14.1. The van der Waals surface area contributed by atoms with E-state index in [-0.39, 0.29) is 30.2 Å². The second kappa shape index (κ2) is 17.1. The standard InChI is InChI=1S/C21H17.C20H21.C2H6Si.2ClH.Zr/c1-14-12-20-15(2)10-11-19(21(20)13-14)18-9-5-7-16-6-3-4-8-17(16)18;1-13(2)17-11-16-6-5-7-19(20(16)12-17)18-9-14(3)8-15(4)10-18;1-3-2;;;/h3-13H,1-2H3;5-13H,1-4H3;1-2H3;2*1H;/q2*-1;;;;+2/p-2. The van der Waals surface area contributed by atoms with Crippen LogP contribution in [-0.4, -0.2) is 5.43 Å². The van der Waals surface area contributed by atoms with Gasteiger partial charge in [-0.15, -0.1) is 68.6 Å². The first-order valence-electron chi connectivity index (χ1n) is 16.0. The van der Waals surface area contributed by atoms with Crippen LogP contribution in [0.1, 0.15) is 47.6 Å². The first kappa shape index (κ1) is 38.7. The molecule has 0 fully saturated rings. The van der Waals surface area contributed by atoms with Gasteiger partial charge >= 0.3 is 41.9 Å². The molecule has 0 atom stereocenters. The first-order valence-corrected chi connectivity index (χ1v) is 22.1. The Hall–Kier alpha value is -2.74. The van der Waals surface area contributed by atoms with E-state index in [4.69, 9.17) is 0 Å². The third-order valence-corrected chi connectivity index (χ3v) is 8.30. The molecule has 47 heavy (non-hydrogen) atoms. The monoisotopic (exact) mass is 748 g/mol. The summed E-state index contributed by atoms with van der Waals surface area (Å²) in [6.07, 6.45) is 0. The van der Waals surface area contributed by atoms with Gasteiger partial charge in [0.15, 0.2) is 0 Å². The van der Waals surface area contributed by atoms with E-state index in [9.17, 15) is 0 Å². The Morgan fingerprint density at radius 3 is 1.87 bits per heavy atom. The van der Waals surface area contributed by atoms with Crippen LogP contribution in [0.2, 0.25) is 13.1 Å². The van der Waals surface area contributed by atoms with E-state index < -0.39 is 0 Å². The molecule has 0 aromatic heterocycles. The minimum atomic E-state index is 0. The molecular weight excluding hydrogens is 707 g/mol. The van der Waals surface area contributed by atoms with E-state index in [0.29, 0.717) is 5.92 Å². The molecule has 7 aromatic carbocycles. The Labute approximate surface area is 309 Å². The van der Waals surface area contributed by atoms with Gasteiger partial charge in [-0.1, -0.05) is 123 Å². The molecular formula is C43H44Cl2SiZr-2. The fourth-order valence-electron chi connectivity index (χ4n) is 6.26. The molecule has 4 heteroatoms. The predicted molar refractivity (Wildman–Crippen MR) is 198 cm³/mol. The quantitative estimate of drug-likeness (QED) is 0.139. The minimum absolute atomic E-state index is 0. The Balaban J connectivity index is 0.000000221. The van der Waals surface area contributed by atoms with Crippen molar-refractivity contribution in [2.24, 2.45) is 0 Å². The summed E-state index contributed by atoms with van der Waals surface area (Å²) in [5.74, 6) is 0.578. The topological polar surface area (TPSA) is 0 Å². The van der Waals surface area contributed by atoms with Crippen LogP contribution in [0, 0.1) is 27.7 Å². The zero-order valence-corrected chi connectivity index (χ0v) is 33.8. The molecule has 0 nitrogen and oxygen atoms in total. The smallest absolute Gasteiger partial charge is 0.0114 e. The number of rotatable bonds is 3. The summed E-state index contributed by atoms with van der Waals surface area (Å²) in [6.45, 7) is 17.8. The van der Waals surface area contributed by atoms with E-state index in [2.05, 4.69) is 170 Å². The van der Waals surface area contributed by atoms with E-state index in [1.54, 1.807) is 23.3 Å². The van der Waals surface area contributed by atoms with Crippen LogP contribution in [0.4, 0.5) is 0 Å². The first-order chi connectivity index (χ1) is 21.5. The van der Waals surface area contributed by atoms with E-state index in [1.165, 1.54) is 82.4 Å². The van der Waals surface area contributed by atoms with Gasteiger partial charge in [-0.05, 0) is 41.7 Å². The van der Waals surface area contributed by atoms with E-state index in [0.717, 1.165) is 0 Å². The molecule has 0 N–H and O–H groups in total. The number of hydrogen-bond donors (Lipinski definition) is 0. The molecule has 0 aliphatic rings. The third kappa shape index (κ3) is 9.24. The number of benzene rings is 5. The van der Waals surface area contributed by atoms with Crippen molar-refractivity contribution in [3.05, 3.63) is 143 Å². The van der Waals surface area contributed by atoms with Crippen LogP contribution in [0.3, 0.4) is 0 Å². The summed E-state index contributed by atoms with van der Waals surface area (Å²) < 4.78 is 0. The summed E-state index contributed by atoms with van der Waals surface area (Å²) in [4.78, 5) is 0. The van der Waals surface area contributed by atoms with Crippen molar-refractivity contribution in [3.63, 3.8) is 0 Å². The maximum atomic E-state index is 2.35.